The first-order chi connectivity index (χ1) is 9.62. The second-order valence-electron chi connectivity index (χ2n) is 6.41. The summed E-state index contributed by atoms with van der Waals surface area (Å²) in [6, 6.07) is 5.39. The lowest BCUT2D eigenvalue weighted by Gasteiger charge is -2.28. The molecule has 4 nitrogen and oxygen atoms in total. The number of amides is 1. The average molecular weight is 331 g/mol. The predicted octanol–water partition coefficient (Wildman–Crippen LogP) is 3.79. The predicted molar refractivity (Wildman–Crippen MR) is 84.8 cm³/mol. The molecule has 1 heterocycles. The summed E-state index contributed by atoms with van der Waals surface area (Å²) >= 11 is 12.3. The van der Waals surface area contributed by atoms with Gasteiger partial charge in [0, 0.05) is 13.1 Å². The fourth-order valence-electron chi connectivity index (χ4n) is 2.42. The van der Waals surface area contributed by atoms with Crippen LogP contribution >= 0.6 is 23.2 Å². The molecule has 1 aromatic carbocycles. The van der Waals surface area contributed by atoms with Gasteiger partial charge in [-0.2, -0.15) is 0 Å². The van der Waals surface area contributed by atoms with Crippen LogP contribution in [0, 0.1) is 0 Å². The number of nitrogens with two attached hydrogens (primary N) is 1. The van der Waals surface area contributed by atoms with Crippen molar-refractivity contribution in [2.24, 2.45) is 5.73 Å². The number of rotatable bonds is 1. The molecule has 21 heavy (non-hydrogen) atoms. The molecule has 1 saturated heterocycles. The SMILES string of the molecule is CC(C)(C)OC(=O)N1CCC(N)(c2cccc(Cl)c2Cl)C1. The van der Waals surface area contributed by atoms with Gasteiger partial charge in [0.05, 0.1) is 15.6 Å². The molecule has 116 valence electrons. The highest BCUT2D eigenvalue weighted by molar-refractivity contribution is 6.42. The Bertz CT molecular complexity index is 557. The molecular weight excluding hydrogens is 311 g/mol. The molecule has 2 N–H and O–H groups in total. The molecule has 0 saturated carbocycles. The van der Waals surface area contributed by atoms with Gasteiger partial charge in [-0.05, 0) is 38.8 Å². The molecule has 2 rings (SSSR count). The van der Waals surface area contributed by atoms with Gasteiger partial charge in [0.25, 0.3) is 0 Å². The number of ether oxygens (including phenoxy) is 1. The van der Waals surface area contributed by atoms with Crippen LogP contribution in [0.1, 0.15) is 32.8 Å². The standard InChI is InChI=1S/C15H20Cl2N2O2/c1-14(2,3)21-13(20)19-8-7-15(18,9-19)10-5-4-6-11(16)12(10)17/h4-6H,7-9,18H2,1-3H3. The third kappa shape index (κ3) is 3.62. The number of carbonyl (C=O) groups is 1. The van der Waals surface area contributed by atoms with E-state index < -0.39 is 11.1 Å². The molecule has 1 aromatic rings. The number of benzene rings is 1. The molecule has 0 spiro atoms. The first kappa shape index (κ1) is 16.4. The van der Waals surface area contributed by atoms with E-state index in [0.717, 1.165) is 5.56 Å². The molecule has 1 amide bonds. The van der Waals surface area contributed by atoms with E-state index >= 15 is 0 Å². The molecule has 0 bridgehead atoms. The van der Waals surface area contributed by atoms with E-state index in [1.54, 1.807) is 11.0 Å². The van der Waals surface area contributed by atoms with Gasteiger partial charge < -0.3 is 15.4 Å². The molecule has 1 aliphatic heterocycles. The van der Waals surface area contributed by atoms with Gasteiger partial charge in [-0.15, -0.1) is 0 Å². The Kier molecular flexibility index (Phi) is 4.43. The lowest BCUT2D eigenvalue weighted by atomic mass is 9.90. The van der Waals surface area contributed by atoms with Crippen molar-refractivity contribution in [3.05, 3.63) is 33.8 Å². The number of hydrogen-bond acceptors (Lipinski definition) is 3. The minimum absolute atomic E-state index is 0.354. The molecule has 6 heteroatoms. The summed E-state index contributed by atoms with van der Waals surface area (Å²) < 4.78 is 5.38. The van der Waals surface area contributed by atoms with Crippen LogP contribution in [0.2, 0.25) is 10.0 Å². The maximum absolute atomic E-state index is 12.1. The van der Waals surface area contributed by atoms with Gasteiger partial charge in [0.1, 0.15) is 5.60 Å². The Hall–Kier alpha value is -0.970. The maximum Gasteiger partial charge on any atom is 0.410 e. The van der Waals surface area contributed by atoms with Crippen molar-refractivity contribution < 1.29 is 9.53 Å². The topological polar surface area (TPSA) is 55.6 Å². The molecule has 1 unspecified atom stereocenters. The normalized spacial score (nSPS) is 22.5. The summed E-state index contributed by atoms with van der Waals surface area (Å²) in [6.07, 6.45) is 0.264. The summed E-state index contributed by atoms with van der Waals surface area (Å²) in [7, 11) is 0. The van der Waals surface area contributed by atoms with Crippen molar-refractivity contribution >= 4 is 29.3 Å². The summed E-state index contributed by atoms with van der Waals surface area (Å²) in [5, 5.41) is 0.919. The summed E-state index contributed by atoms with van der Waals surface area (Å²) in [6.45, 7) is 6.41. The van der Waals surface area contributed by atoms with Crippen LogP contribution in [0.3, 0.4) is 0 Å². The third-order valence-corrected chi connectivity index (χ3v) is 4.26. The van der Waals surface area contributed by atoms with E-state index in [2.05, 4.69) is 0 Å². The second-order valence-corrected chi connectivity index (χ2v) is 7.19. The lowest BCUT2D eigenvalue weighted by molar-refractivity contribution is 0.0284. The van der Waals surface area contributed by atoms with Gasteiger partial charge in [-0.25, -0.2) is 4.79 Å². The second kappa shape index (κ2) is 5.67. The average Bonchev–Trinajstić information content (AvgIpc) is 2.74. The van der Waals surface area contributed by atoms with E-state index in [4.69, 9.17) is 33.7 Å². The Morgan fingerprint density at radius 2 is 2.05 bits per heavy atom. The van der Waals surface area contributed by atoms with Crippen molar-refractivity contribution in [1.82, 2.24) is 4.90 Å². The van der Waals surface area contributed by atoms with Crippen LogP contribution in [-0.2, 0) is 10.3 Å². The largest absolute Gasteiger partial charge is 0.444 e. The Labute approximate surface area is 135 Å². The van der Waals surface area contributed by atoms with Crippen molar-refractivity contribution in [2.45, 2.75) is 38.3 Å². The number of nitrogens with zero attached hydrogens (tertiary/aromatic N) is 1. The minimum atomic E-state index is -0.696. The quantitative estimate of drug-likeness (QED) is 0.852. The molecule has 1 atom stereocenters. The smallest absolute Gasteiger partial charge is 0.410 e. The fraction of sp³-hybridized carbons (Fsp3) is 0.533. The summed E-state index contributed by atoms with van der Waals surface area (Å²) in [5.74, 6) is 0. The van der Waals surface area contributed by atoms with Crippen LogP contribution in [0.5, 0.6) is 0 Å². The van der Waals surface area contributed by atoms with Crippen molar-refractivity contribution in [3.63, 3.8) is 0 Å². The monoisotopic (exact) mass is 330 g/mol. The highest BCUT2D eigenvalue weighted by Crippen LogP contribution is 2.37. The number of halogens is 2. The lowest BCUT2D eigenvalue weighted by Crippen LogP contribution is -2.42. The van der Waals surface area contributed by atoms with Crippen molar-refractivity contribution in [2.75, 3.05) is 13.1 Å². The number of likely N-dealkylation sites (tertiary alicyclic amines) is 1. The Morgan fingerprint density at radius 1 is 1.38 bits per heavy atom. The van der Waals surface area contributed by atoms with E-state index in [-0.39, 0.29) is 6.09 Å². The molecule has 1 aliphatic rings. The highest BCUT2D eigenvalue weighted by atomic mass is 35.5. The third-order valence-electron chi connectivity index (χ3n) is 3.44. The fourth-order valence-corrected chi connectivity index (χ4v) is 2.91. The molecule has 0 aliphatic carbocycles. The van der Waals surface area contributed by atoms with Crippen molar-refractivity contribution in [3.8, 4) is 0 Å². The van der Waals surface area contributed by atoms with Gasteiger partial charge in [-0.1, -0.05) is 35.3 Å². The molecule has 0 radical (unpaired) electrons. The maximum atomic E-state index is 12.1. The zero-order chi connectivity index (χ0) is 15.8. The van der Waals surface area contributed by atoms with Crippen LogP contribution < -0.4 is 5.73 Å². The zero-order valence-corrected chi connectivity index (χ0v) is 14.0. The number of carbonyl (C=O) groups excluding carboxylic acids is 1. The number of hydrogen-bond donors (Lipinski definition) is 1. The van der Waals surface area contributed by atoms with E-state index in [0.29, 0.717) is 29.6 Å². The van der Waals surface area contributed by atoms with Gasteiger partial charge in [-0.3, -0.25) is 0 Å². The molecule has 1 fully saturated rings. The highest BCUT2D eigenvalue weighted by Gasteiger charge is 2.40. The van der Waals surface area contributed by atoms with Gasteiger partial charge >= 0.3 is 6.09 Å². The van der Waals surface area contributed by atoms with Crippen LogP contribution in [0.4, 0.5) is 4.79 Å². The molecule has 0 aromatic heterocycles. The van der Waals surface area contributed by atoms with Crippen LogP contribution in [-0.4, -0.2) is 29.7 Å². The van der Waals surface area contributed by atoms with E-state index in [1.165, 1.54) is 0 Å². The Balaban J connectivity index is 2.17. The summed E-state index contributed by atoms with van der Waals surface area (Å²) in [4.78, 5) is 13.7. The van der Waals surface area contributed by atoms with Crippen LogP contribution in [0.15, 0.2) is 18.2 Å². The van der Waals surface area contributed by atoms with Crippen LogP contribution in [0.25, 0.3) is 0 Å². The van der Waals surface area contributed by atoms with E-state index in [9.17, 15) is 4.79 Å². The van der Waals surface area contributed by atoms with Gasteiger partial charge in [0.15, 0.2) is 0 Å². The zero-order valence-electron chi connectivity index (χ0n) is 12.5. The van der Waals surface area contributed by atoms with E-state index in [1.807, 2.05) is 32.9 Å². The first-order valence-electron chi connectivity index (χ1n) is 6.84. The summed E-state index contributed by atoms with van der Waals surface area (Å²) in [5.41, 5.74) is 6.00. The molecular formula is C15H20Cl2N2O2. The Morgan fingerprint density at radius 3 is 2.67 bits per heavy atom. The van der Waals surface area contributed by atoms with Crippen molar-refractivity contribution in [1.29, 1.82) is 0 Å². The minimum Gasteiger partial charge on any atom is -0.444 e. The van der Waals surface area contributed by atoms with Gasteiger partial charge in [0.2, 0.25) is 0 Å². The first-order valence-corrected chi connectivity index (χ1v) is 7.59.